The van der Waals surface area contributed by atoms with Crippen LogP contribution in [-0.4, -0.2) is 37.6 Å². The Morgan fingerprint density at radius 1 is 1.12 bits per heavy atom. The number of halogens is 1. The van der Waals surface area contributed by atoms with Gasteiger partial charge in [-0.3, -0.25) is 9.48 Å². The number of pyridine rings is 2. The van der Waals surface area contributed by atoms with E-state index >= 15 is 0 Å². The lowest BCUT2D eigenvalue weighted by Gasteiger charge is -2.19. The quantitative estimate of drug-likeness (QED) is 0.480. The molecule has 0 atom stereocenters. The second-order valence-electron chi connectivity index (χ2n) is 7.82. The van der Waals surface area contributed by atoms with Crippen LogP contribution in [-0.2, 0) is 13.1 Å². The van der Waals surface area contributed by atoms with Gasteiger partial charge in [0.05, 0.1) is 40.0 Å². The Hall–Kier alpha value is -3.45. The standard InChI is InChI=1S/C24H25ClN6O/c1-5-31-15(3)16(12-27-31)13-30(4)24(32)19-11-23(22-9-7-20(26)14(2)28-22)29-21-8-6-17(25)10-18(19)21/h6-12H,5,13,26H2,1-4H3. The maximum Gasteiger partial charge on any atom is 0.254 e. The fourth-order valence-electron chi connectivity index (χ4n) is 3.71. The van der Waals surface area contributed by atoms with Crippen molar-refractivity contribution in [2.75, 3.05) is 12.8 Å². The van der Waals surface area contributed by atoms with Gasteiger partial charge in [-0.05, 0) is 57.2 Å². The molecule has 164 valence electrons. The number of nitrogens with two attached hydrogens (primary N) is 1. The number of anilines is 1. The van der Waals surface area contributed by atoms with Gasteiger partial charge in [-0.2, -0.15) is 5.10 Å². The molecule has 32 heavy (non-hydrogen) atoms. The van der Waals surface area contributed by atoms with Crippen LogP contribution in [0.2, 0.25) is 5.02 Å². The number of nitrogen functional groups attached to an aromatic ring is 1. The van der Waals surface area contributed by atoms with Gasteiger partial charge in [-0.25, -0.2) is 9.97 Å². The molecule has 0 saturated heterocycles. The lowest BCUT2D eigenvalue weighted by molar-refractivity contribution is 0.0787. The summed E-state index contributed by atoms with van der Waals surface area (Å²) in [4.78, 5) is 24.5. The summed E-state index contributed by atoms with van der Waals surface area (Å²) in [5, 5.41) is 5.63. The number of carbonyl (C=O) groups is 1. The number of benzene rings is 1. The molecular weight excluding hydrogens is 424 g/mol. The second kappa shape index (κ2) is 8.59. The molecule has 0 aliphatic carbocycles. The number of hydrogen-bond acceptors (Lipinski definition) is 5. The molecule has 0 radical (unpaired) electrons. The van der Waals surface area contributed by atoms with E-state index in [2.05, 4.69) is 10.1 Å². The van der Waals surface area contributed by atoms with Gasteiger partial charge in [0.15, 0.2) is 0 Å². The topological polar surface area (TPSA) is 89.9 Å². The van der Waals surface area contributed by atoms with E-state index in [1.54, 1.807) is 36.2 Å². The lowest BCUT2D eigenvalue weighted by atomic mass is 10.0. The maximum absolute atomic E-state index is 13.6. The van der Waals surface area contributed by atoms with E-state index in [1.165, 1.54) is 0 Å². The summed E-state index contributed by atoms with van der Waals surface area (Å²) < 4.78 is 1.92. The van der Waals surface area contributed by atoms with Crippen LogP contribution in [0, 0.1) is 13.8 Å². The van der Waals surface area contributed by atoms with Gasteiger partial charge in [-0.15, -0.1) is 0 Å². The van der Waals surface area contributed by atoms with Crippen molar-refractivity contribution in [3.05, 3.63) is 70.1 Å². The van der Waals surface area contributed by atoms with Gasteiger partial charge in [-0.1, -0.05) is 11.6 Å². The zero-order chi connectivity index (χ0) is 23.0. The molecule has 0 spiro atoms. The van der Waals surface area contributed by atoms with Crippen molar-refractivity contribution in [3.63, 3.8) is 0 Å². The van der Waals surface area contributed by atoms with Crippen LogP contribution in [0.1, 0.15) is 34.2 Å². The van der Waals surface area contributed by atoms with Crippen LogP contribution in [0.3, 0.4) is 0 Å². The van der Waals surface area contributed by atoms with Crippen LogP contribution in [0.5, 0.6) is 0 Å². The van der Waals surface area contributed by atoms with Gasteiger partial charge in [0.1, 0.15) is 0 Å². The SMILES string of the molecule is CCn1ncc(CN(C)C(=O)c2cc(-c3ccc(N)c(C)n3)nc3ccc(Cl)cc23)c1C. The fourth-order valence-corrected chi connectivity index (χ4v) is 3.88. The number of aromatic nitrogens is 4. The number of amides is 1. The van der Waals surface area contributed by atoms with E-state index in [9.17, 15) is 4.79 Å². The van der Waals surface area contributed by atoms with Crippen molar-refractivity contribution >= 4 is 34.1 Å². The first-order valence-corrected chi connectivity index (χ1v) is 10.8. The van der Waals surface area contributed by atoms with Crippen molar-refractivity contribution in [3.8, 4) is 11.4 Å². The summed E-state index contributed by atoms with van der Waals surface area (Å²) in [6, 6.07) is 10.7. The molecule has 4 aromatic rings. The van der Waals surface area contributed by atoms with Crippen molar-refractivity contribution in [1.82, 2.24) is 24.6 Å². The smallest absolute Gasteiger partial charge is 0.254 e. The fraction of sp³-hybridized carbons (Fsp3) is 0.250. The highest BCUT2D eigenvalue weighted by Crippen LogP contribution is 2.28. The number of aryl methyl sites for hydroxylation is 2. The molecule has 0 bridgehead atoms. The molecule has 7 nitrogen and oxygen atoms in total. The molecule has 1 amide bonds. The number of nitrogens with zero attached hydrogens (tertiary/aromatic N) is 5. The molecule has 8 heteroatoms. The van der Waals surface area contributed by atoms with Crippen molar-refractivity contribution in [2.45, 2.75) is 33.9 Å². The lowest BCUT2D eigenvalue weighted by Crippen LogP contribution is -2.27. The molecule has 2 N–H and O–H groups in total. The van der Waals surface area contributed by atoms with E-state index < -0.39 is 0 Å². The minimum atomic E-state index is -0.128. The monoisotopic (exact) mass is 448 g/mol. The van der Waals surface area contributed by atoms with E-state index in [1.807, 2.05) is 43.8 Å². The van der Waals surface area contributed by atoms with E-state index in [0.717, 1.165) is 17.8 Å². The molecule has 0 fully saturated rings. The molecule has 0 unspecified atom stereocenters. The Labute approximate surface area is 191 Å². The minimum Gasteiger partial charge on any atom is -0.397 e. The highest BCUT2D eigenvalue weighted by molar-refractivity contribution is 6.31. The molecule has 0 aliphatic rings. The zero-order valence-corrected chi connectivity index (χ0v) is 19.3. The van der Waals surface area contributed by atoms with Gasteiger partial charge in [0, 0.05) is 41.8 Å². The molecule has 1 aromatic carbocycles. The highest BCUT2D eigenvalue weighted by atomic mass is 35.5. The molecule has 3 aromatic heterocycles. The first-order valence-electron chi connectivity index (χ1n) is 10.4. The Kier molecular flexibility index (Phi) is 5.84. The Morgan fingerprint density at radius 3 is 2.59 bits per heavy atom. The van der Waals surface area contributed by atoms with Gasteiger partial charge in [0.2, 0.25) is 0 Å². The van der Waals surface area contributed by atoms with Crippen molar-refractivity contribution in [2.24, 2.45) is 0 Å². The third kappa shape index (κ3) is 4.03. The Balaban J connectivity index is 1.78. The zero-order valence-electron chi connectivity index (χ0n) is 18.6. The van der Waals surface area contributed by atoms with E-state index in [4.69, 9.17) is 22.3 Å². The summed E-state index contributed by atoms with van der Waals surface area (Å²) in [6.07, 6.45) is 1.82. The third-order valence-electron chi connectivity index (χ3n) is 5.65. The summed E-state index contributed by atoms with van der Waals surface area (Å²) in [5.74, 6) is -0.128. The first kappa shape index (κ1) is 21.8. The predicted octanol–water partition coefficient (Wildman–Crippen LogP) is 4.64. The van der Waals surface area contributed by atoms with Gasteiger partial charge < -0.3 is 10.6 Å². The van der Waals surface area contributed by atoms with Crippen molar-refractivity contribution in [1.29, 1.82) is 0 Å². The van der Waals surface area contributed by atoms with Gasteiger partial charge in [0.25, 0.3) is 5.91 Å². The average molecular weight is 449 g/mol. The molecular formula is C24H25ClN6O. The predicted molar refractivity (Wildman–Crippen MR) is 128 cm³/mol. The minimum absolute atomic E-state index is 0.128. The van der Waals surface area contributed by atoms with Crippen LogP contribution < -0.4 is 5.73 Å². The van der Waals surface area contributed by atoms with Crippen LogP contribution in [0.15, 0.2) is 42.6 Å². The number of rotatable bonds is 5. The Bertz CT molecular complexity index is 1330. The van der Waals surface area contributed by atoms with E-state index in [-0.39, 0.29) is 5.91 Å². The number of carbonyl (C=O) groups excluding carboxylic acids is 1. The van der Waals surface area contributed by atoms with Crippen LogP contribution in [0.4, 0.5) is 5.69 Å². The normalized spacial score (nSPS) is 11.2. The largest absolute Gasteiger partial charge is 0.397 e. The first-order chi connectivity index (χ1) is 15.3. The summed E-state index contributed by atoms with van der Waals surface area (Å²) in [5.41, 5.74) is 11.8. The summed E-state index contributed by atoms with van der Waals surface area (Å²) >= 11 is 6.25. The molecule has 3 heterocycles. The summed E-state index contributed by atoms with van der Waals surface area (Å²) in [7, 11) is 1.78. The van der Waals surface area contributed by atoms with Crippen LogP contribution >= 0.6 is 11.6 Å². The molecule has 0 aliphatic heterocycles. The molecule has 0 saturated carbocycles. The summed E-state index contributed by atoms with van der Waals surface area (Å²) in [6.45, 7) is 7.13. The third-order valence-corrected chi connectivity index (χ3v) is 5.88. The Morgan fingerprint density at radius 2 is 1.91 bits per heavy atom. The van der Waals surface area contributed by atoms with Crippen LogP contribution in [0.25, 0.3) is 22.3 Å². The highest BCUT2D eigenvalue weighted by Gasteiger charge is 2.20. The average Bonchev–Trinajstić information content (AvgIpc) is 3.13. The van der Waals surface area contributed by atoms with Crippen molar-refractivity contribution < 1.29 is 4.79 Å². The van der Waals surface area contributed by atoms with Gasteiger partial charge >= 0.3 is 0 Å². The molecule has 4 rings (SSSR count). The number of fused-ring (bicyclic) bond motifs is 1. The number of hydrogen-bond donors (Lipinski definition) is 1. The van der Waals surface area contributed by atoms with E-state index in [0.29, 0.717) is 50.8 Å². The maximum atomic E-state index is 13.6. The second-order valence-corrected chi connectivity index (χ2v) is 8.26.